The highest BCUT2D eigenvalue weighted by Gasteiger charge is 2.11. The van der Waals surface area contributed by atoms with Gasteiger partial charge in [0.2, 0.25) is 0 Å². The third kappa shape index (κ3) is 2.35. The summed E-state index contributed by atoms with van der Waals surface area (Å²) in [4.78, 5) is 4.39. The molecule has 0 fully saturated rings. The van der Waals surface area contributed by atoms with Crippen molar-refractivity contribution in [2.75, 3.05) is 11.9 Å². The first-order valence-corrected chi connectivity index (χ1v) is 6.01. The van der Waals surface area contributed by atoms with Gasteiger partial charge in [-0.2, -0.15) is 0 Å². The molecule has 0 spiro atoms. The van der Waals surface area contributed by atoms with Crippen LogP contribution in [0.15, 0.2) is 24.4 Å². The molecular formula is C13H16ClN3. The summed E-state index contributed by atoms with van der Waals surface area (Å²) in [6, 6.07) is 6.05. The van der Waals surface area contributed by atoms with E-state index in [-0.39, 0.29) is 6.04 Å². The maximum absolute atomic E-state index is 6.28. The molecule has 1 aromatic carbocycles. The summed E-state index contributed by atoms with van der Waals surface area (Å²) in [7, 11) is 0. The molecule has 1 heterocycles. The Morgan fingerprint density at radius 1 is 1.53 bits per heavy atom. The van der Waals surface area contributed by atoms with Gasteiger partial charge in [-0.25, -0.2) is 0 Å². The van der Waals surface area contributed by atoms with Crippen LogP contribution in [0.4, 0.5) is 5.69 Å². The van der Waals surface area contributed by atoms with Crippen LogP contribution < -0.4 is 11.1 Å². The average Bonchev–Trinajstić information content (AvgIpc) is 2.34. The van der Waals surface area contributed by atoms with E-state index in [9.17, 15) is 0 Å². The molecular weight excluding hydrogens is 234 g/mol. The predicted molar refractivity (Wildman–Crippen MR) is 73.6 cm³/mol. The zero-order valence-electron chi connectivity index (χ0n) is 10.00. The SMILES string of the molecule is Cc1cc(Cl)c(NC(C)CN)c2cccnc12. The summed E-state index contributed by atoms with van der Waals surface area (Å²) in [5, 5.41) is 5.08. The molecule has 0 aliphatic rings. The summed E-state index contributed by atoms with van der Waals surface area (Å²) in [5.74, 6) is 0. The van der Waals surface area contributed by atoms with Crippen LogP contribution in [0, 0.1) is 6.92 Å². The maximum Gasteiger partial charge on any atom is 0.0752 e. The first kappa shape index (κ1) is 12.1. The van der Waals surface area contributed by atoms with Gasteiger partial charge in [-0.1, -0.05) is 11.6 Å². The third-order valence-electron chi connectivity index (χ3n) is 2.78. The number of pyridine rings is 1. The number of aromatic nitrogens is 1. The Morgan fingerprint density at radius 3 is 3.00 bits per heavy atom. The van der Waals surface area contributed by atoms with Gasteiger partial charge in [0.15, 0.2) is 0 Å². The van der Waals surface area contributed by atoms with Crippen molar-refractivity contribution in [1.29, 1.82) is 0 Å². The van der Waals surface area contributed by atoms with E-state index in [0.717, 1.165) is 22.2 Å². The molecule has 1 unspecified atom stereocenters. The van der Waals surface area contributed by atoms with Gasteiger partial charge in [-0.05, 0) is 37.6 Å². The largest absolute Gasteiger partial charge is 0.380 e. The lowest BCUT2D eigenvalue weighted by Gasteiger charge is -2.17. The molecule has 4 heteroatoms. The fourth-order valence-electron chi connectivity index (χ4n) is 1.83. The van der Waals surface area contributed by atoms with E-state index in [1.807, 2.05) is 32.0 Å². The minimum atomic E-state index is 0.179. The topological polar surface area (TPSA) is 50.9 Å². The standard InChI is InChI=1S/C13H16ClN3/c1-8-6-11(14)13(17-9(2)7-15)10-4-3-5-16-12(8)10/h3-6,9,17H,7,15H2,1-2H3. The Labute approximate surface area is 106 Å². The molecule has 0 aliphatic heterocycles. The van der Waals surface area contributed by atoms with Crippen LogP contribution >= 0.6 is 11.6 Å². The van der Waals surface area contributed by atoms with Gasteiger partial charge in [0.1, 0.15) is 0 Å². The number of rotatable bonds is 3. The van der Waals surface area contributed by atoms with E-state index < -0.39 is 0 Å². The van der Waals surface area contributed by atoms with Crippen LogP contribution in [-0.2, 0) is 0 Å². The molecule has 0 saturated carbocycles. The lowest BCUT2D eigenvalue weighted by atomic mass is 10.1. The van der Waals surface area contributed by atoms with Crippen LogP contribution in [0.2, 0.25) is 5.02 Å². The number of hydrogen-bond acceptors (Lipinski definition) is 3. The molecule has 2 rings (SSSR count). The van der Waals surface area contributed by atoms with E-state index in [1.54, 1.807) is 6.20 Å². The molecule has 3 nitrogen and oxygen atoms in total. The van der Waals surface area contributed by atoms with Crippen molar-refractivity contribution in [3.63, 3.8) is 0 Å². The van der Waals surface area contributed by atoms with Crippen LogP contribution in [0.3, 0.4) is 0 Å². The Kier molecular flexibility index (Phi) is 3.50. The summed E-state index contributed by atoms with van der Waals surface area (Å²) < 4.78 is 0. The number of halogens is 1. The number of nitrogens with two attached hydrogens (primary N) is 1. The second-order valence-corrected chi connectivity index (χ2v) is 4.64. The van der Waals surface area contributed by atoms with Crippen LogP contribution in [-0.4, -0.2) is 17.6 Å². The molecule has 0 saturated heterocycles. The van der Waals surface area contributed by atoms with Gasteiger partial charge >= 0.3 is 0 Å². The number of fused-ring (bicyclic) bond motifs is 1. The van der Waals surface area contributed by atoms with E-state index in [1.165, 1.54) is 0 Å². The fraction of sp³-hybridized carbons (Fsp3) is 0.308. The molecule has 0 aliphatic carbocycles. The lowest BCUT2D eigenvalue weighted by molar-refractivity contribution is 0.805. The number of hydrogen-bond donors (Lipinski definition) is 2. The average molecular weight is 250 g/mol. The minimum absolute atomic E-state index is 0.179. The molecule has 0 bridgehead atoms. The molecule has 0 amide bonds. The smallest absolute Gasteiger partial charge is 0.0752 e. The zero-order chi connectivity index (χ0) is 12.4. The van der Waals surface area contributed by atoms with Crippen LogP contribution in [0.25, 0.3) is 10.9 Å². The minimum Gasteiger partial charge on any atom is -0.380 e. The predicted octanol–water partition coefficient (Wildman–Crippen LogP) is 2.96. The van der Waals surface area contributed by atoms with Crippen molar-refractivity contribution >= 4 is 28.2 Å². The Bertz CT molecular complexity index is 539. The number of nitrogens with zero attached hydrogens (tertiary/aromatic N) is 1. The van der Waals surface area contributed by atoms with Crippen LogP contribution in [0.5, 0.6) is 0 Å². The van der Waals surface area contributed by atoms with E-state index in [2.05, 4.69) is 10.3 Å². The van der Waals surface area contributed by atoms with Crippen molar-refractivity contribution in [1.82, 2.24) is 4.98 Å². The van der Waals surface area contributed by atoms with Gasteiger partial charge in [-0.15, -0.1) is 0 Å². The molecule has 3 N–H and O–H groups in total. The third-order valence-corrected chi connectivity index (χ3v) is 3.08. The number of nitrogens with one attached hydrogen (secondary N) is 1. The van der Waals surface area contributed by atoms with Crippen molar-refractivity contribution in [2.24, 2.45) is 5.73 Å². The fourth-order valence-corrected chi connectivity index (χ4v) is 2.15. The first-order chi connectivity index (χ1) is 8.13. The molecule has 17 heavy (non-hydrogen) atoms. The van der Waals surface area contributed by atoms with Crippen LogP contribution in [0.1, 0.15) is 12.5 Å². The highest BCUT2D eigenvalue weighted by Crippen LogP contribution is 2.32. The van der Waals surface area contributed by atoms with Gasteiger partial charge in [0.05, 0.1) is 16.2 Å². The lowest BCUT2D eigenvalue weighted by Crippen LogP contribution is -2.25. The molecule has 1 aromatic heterocycles. The summed E-state index contributed by atoms with van der Waals surface area (Å²) >= 11 is 6.28. The van der Waals surface area contributed by atoms with Crippen molar-refractivity contribution in [2.45, 2.75) is 19.9 Å². The van der Waals surface area contributed by atoms with Crippen molar-refractivity contribution < 1.29 is 0 Å². The van der Waals surface area contributed by atoms with Crippen molar-refractivity contribution in [3.05, 3.63) is 35.0 Å². The monoisotopic (exact) mass is 249 g/mol. The molecule has 90 valence electrons. The number of benzene rings is 1. The van der Waals surface area contributed by atoms with Crippen molar-refractivity contribution in [3.8, 4) is 0 Å². The second kappa shape index (κ2) is 4.90. The number of anilines is 1. The second-order valence-electron chi connectivity index (χ2n) is 4.23. The van der Waals surface area contributed by atoms with Gasteiger partial charge in [-0.3, -0.25) is 4.98 Å². The normalized spacial score (nSPS) is 12.7. The van der Waals surface area contributed by atoms with E-state index >= 15 is 0 Å². The zero-order valence-corrected chi connectivity index (χ0v) is 10.8. The summed E-state index contributed by atoms with van der Waals surface area (Å²) in [6.07, 6.45) is 1.79. The van der Waals surface area contributed by atoms with Gasteiger partial charge in [0, 0.05) is 24.2 Å². The Morgan fingerprint density at radius 2 is 2.29 bits per heavy atom. The number of aryl methyl sites for hydroxylation is 1. The van der Waals surface area contributed by atoms with E-state index in [0.29, 0.717) is 11.6 Å². The quantitative estimate of drug-likeness (QED) is 0.879. The van der Waals surface area contributed by atoms with Gasteiger partial charge in [0.25, 0.3) is 0 Å². The first-order valence-electron chi connectivity index (χ1n) is 5.64. The van der Waals surface area contributed by atoms with Gasteiger partial charge < -0.3 is 11.1 Å². The van der Waals surface area contributed by atoms with E-state index in [4.69, 9.17) is 17.3 Å². The maximum atomic E-state index is 6.28. The highest BCUT2D eigenvalue weighted by atomic mass is 35.5. The molecule has 1 atom stereocenters. The molecule has 0 radical (unpaired) electrons. The Hall–Kier alpha value is -1.32. The Balaban J connectivity index is 2.61. The summed E-state index contributed by atoms with van der Waals surface area (Å²) in [6.45, 7) is 4.60. The summed E-state index contributed by atoms with van der Waals surface area (Å²) in [5.41, 5.74) is 8.59. The highest BCUT2D eigenvalue weighted by molar-refractivity contribution is 6.35. The molecule has 2 aromatic rings.